The van der Waals surface area contributed by atoms with Crippen LogP contribution in [0.2, 0.25) is 0 Å². The van der Waals surface area contributed by atoms with Crippen LogP contribution in [0.3, 0.4) is 0 Å². The maximum atomic E-state index is 12.6. The number of rotatable bonds is 4. The van der Waals surface area contributed by atoms with Crippen molar-refractivity contribution in [2.45, 2.75) is 25.1 Å². The smallest absolute Gasteiger partial charge is 0.404 e. The van der Waals surface area contributed by atoms with Crippen LogP contribution in [0.25, 0.3) is 0 Å². The number of carboxylic acids is 1. The Bertz CT molecular complexity index is 258. The van der Waals surface area contributed by atoms with Crippen LogP contribution in [-0.4, -0.2) is 47.8 Å². The molecule has 1 saturated heterocycles. The van der Waals surface area contributed by atoms with E-state index in [0.29, 0.717) is 13.0 Å². The van der Waals surface area contributed by atoms with Crippen molar-refractivity contribution >= 4 is 5.97 Å². The normalized spacial score (nSPS) is 24.6. The van der Waals surface area contributed by atoms with Crippen LogP contribution in [0.5, 0.6) is 0 Å². The summed E-state index contributed by atoms with van der Waals surface area (Å²) < 4.78 is 37.9. The topological polar surface area (TPSA) is 66.6 Å². The van der Waals surface area contributed by atoms with E-state index in [1.54, 1.807) is 0 Å². The second-order valence-corrected chi connectivity index (χ2v) is 4.04. The third-order valence-corrected chi connectivity index (χ3v) is 2.84. The molecule has 0 saturated carbocycles. The molecule has 94 valence electrons. The summed E-state index contributed by atoms with van der Waals surface area (Å²) in [5.41, 5.74) is 5.38. The Morgan fingerprint density at radius 2 is 2.19 bits per heavy atom. The lowest BCUT2D eigenvalue weighted by molar-refractivity contribution is -0.188. The van der Waals surface area contributed by atoms with Crippen molar-refractivity contribution < 1.29 is 23.1 Å². The minimum absolute atomic E-state index is 0.0404. The van der Waals surface area contributed by atoms with Gasteiger partial charge in [-0.2, -0.15) is 13.2 Å². The number of hydrogen-bond acceptors (Lipinski definition) is 3. The van der Waals surface area contributed by atoms with Crippen molar-refractivity contribution in [2.24, 2.45) is 11.7 Å². The maximum Gasteiger partial charge on any atom is 0.404 e. The molecule has 1 rings (SSSR count). The molecule has 0 bridgehead atoms. The fourth-order valence-corrected chi connectivity index (χ4v) is 1.96. The number of hydrogen-bond donors (Lipinski definition) is 2. The van der Waals surface area contributed by atoms with E-state index in [2.05, 4.69) is 0 Å². The number of halogens is 3. The van der Waals surface area contributed by atoms with Crippen LogP contribution in [0.4, 0.5) is 13.2 Å². The fraction of sp³-hybridized carbons (Fsp3) is 0.889. The lowest BCUT2D eigenvalue weighted by atomic mass is 10.1. The Hall–Kier alpha value is -0.820. The average Bonchev–Trinajstić information content (AvgIpc) is 2.60. The summed E-state index contributed by atoms with van der Waals surface area (Å²) in [6, 6.07) is -1.89. The van der Waals surface area contributed by atoms with Gasteiger partial charge >= 0.3 is 12.1 Å². The van der Waals surface area contributed by atoms with E-state index in [9.17, 15) is 18.0 Å². The Balaban J connectivity index is 2.67. The van der Waals surface area contributed by atoms with Gasteiger partial charge in [0.2, 0.25) is 0 Å². The molecule has 0 spiro atoms. The Morgan fingerprint density at radius 3 is 2.56 bits per heavy atom. The molecule has 0 aromatic heterocycles. The molecule has 3 N–H and O–H groups in total. The van der Waals surface area contributed by atoms with Crippen LogP contribution in [0.15, 0.2) is 0 Å². The molecule has 0 aliphatic carbocycles. The molecule has 4 nitrogen and oxygen atoms in total. The minimum Gasteiger partial charge on any atom is -0.481 e. The highest BCUT2D eigenvalue weighted by molar-refractivity contribution is 5.67. The van der Waals surface area contributed by atoms with Crippen molar-refractivity contribution in [1.82, 2.24) is 4.90 Å². The van der Waals surface area contributed by atoms with E-state index in [4.69, 9.17) is 10.8 Å². The number of nitrogens with zero attached hydrogens (tertiary/aromatic N) is 1. The first-order valence-electron chi connectivity index (χ1n) is 5.07. The first kappa shape index (κ1) is 13.2. The molecule has 2 atom stereocenters. The van der Waals surface area contributed by atoms with E-state index >= 15 is 0 Å². The molecule has 1 aliphatic rings. The quantitative estimate of drug-likeness (QED) is 0.758. The van der Waals surface area contributed by atoms with E-state index in [1.165, 1.54) is 4.90 Å². The lowest BCUT2D eigenvalue weighted by Gasteiger charge is -2.28. The highest BCUT2D eigenvalue weighted by Gasteiger charge is 2.46. The van der Waals surface area contributed by atoms with Crippen molar-refractivity contribution in [3.8, 4) is 0 Å². The Labute approximate surface area is 91.2 Å². The molecule has 7 heteroatoms. The largest absolute Gasteiger partial charge is 0.481 e. The highest BCUT2D eigenvalue weighted by atomic mass is 19.4. The third-order valence-electron chi connectivity index (χ3n) is 2.84. The van der Waals surface area contributed by atoms with Crippen LogP contribution in [0.1, 0.15) is 12.8 Å². The van der Waals surface area contributed by atoms with Gasteiger partial charge in [0.1, 0.15) is 6.04 Å². The van der Waals surface area contributed by atoms with Crippen molar-refractivity contribution in [2.75, 3.05) is 19.6 Å². The number of nitrogens with two attached hydrogens (primary N) is 1. The molecule has 0 aromatic rings. The number of alkyl halides is 3. The van der Waals surface area contributed by atoms with E-state index < -0.39 is 24.6 Å². The molecule has 0 radical (unpaired) electrons. The minimum atomic E-state index is -4.50. The second-order valence-electron chi connectivity index (χ2n) is 4.04. The first-order chi connectivity index (χ1) is 7.34. The average molecular weight is 240 g/mol. The summed E-state index contributed by atoms with van der Waals surface area (Å²) in [4.78, 5) is 11.6. The van der Waals surface area contributed by atoms with Crippen LogP contribution < -0.4 is 5.73 Å². The zero-order valence-corrected chi connectivity index (χ0v) is 8.70. The molecule has 1 heterocycles. The van der Waals surface area contributed by atoms with Gasteiger partial charge in [-0.15, -0.1) is 0 Å². The van der Waals surface area contributed by atoms with Gasteiger partial charge in [-0.3, -0.25) is 9.69 Å². The van der Waals surface area contributed by atoms with Gasteiger partial charge < -0.3 is 10.8 Å². The first-order valence-corrected chi connectivity index (χ1v) is 5.07. The van der Waals surface area contributed by atoms with Gasteiger partial charge in [0.25, 0.3) is 0 Å². The van der Waals surface area contributed by atoms with Crippen LogP contribution >= 0.6 is 0 Å². The fourth-order valence-electron chi connectivity index (χ4n) is 1.96. The lowest BCUT2D eigenvalue weighted by Crippen LogP contribution is -2.46. The Kier molecular flexibility index (Phi) is 4.15. The predicted octanol–water partition coefficient (Wildman–Crippen LogP) is 0.673. The van der Waals surface area contributed by atoms with E-state index in [1.807, 2.05) is 0 Å². The third kappa shape index (κ3) is 3.34. The molecule has 0 amide bonds. The van der Waals surface area contributed by atoms with Gasteiger partial charge in [0.05, 0.1) is 6.42 Å². The second kappa shape index (κ2) is 5.01. The molecular formula is C9H15F3N2O2. The van der Waals surface area contributed by atoms with E-state index in [0.717, 1.165) is 0 Å². The zero-order valence-electron chi connectivity index (χ0n) is 8.70. The Morgan fingerprint density at radius 1 is 1.56 bits per heavy atom. The number of aliphatic carboxylic acids is 1. The van der Waals surface area contributed by atoms with Gasteiger partial charge in [0.15, 0.2) is 0 Å². The zero-order chi connectivity index (χ0) is 12.3. The van der Waals surface area contributed by atoms with Gasteiger partial charge in [-0.05, 0) is 25.4 Å². The van der Waals surface area contributed by atoms with E-state index in [-0.39, 0.29) is 19.0 Å². The van der Waals surface area contributed by atoms with Gasteiger partial charge in [-0.25, -0.2) is 0 Å². The molecule has 1 fully saturated rings. The van der Waals surface area contributed by atoms with Gasteiger partial charge in [-0.1, -0.05) is 0 Å². The number of carbonyl (C=O) groups is 1. The van der Waals surface area contributed by atoms with Gasteiger partial charge in [0, 0.05) is 6.54 Å². The SMILES string of the molecule is NCC1CCN(C(CC(=O)O)C(F)(F)F)C1. The molecule has 0 aromatic carbocycles. The number of likely N-dealkylation sites (tertiary alicyclic amines) is 1. The highest BCUT2D eigenvalue weighted by Crippen LogP contribution is 2.31. The summed E-state index contributed by atoms with van der Waals surface area (Å²) in [6.45, 7) is 0.835. The molecule has 1 aliphatic heterocycles. The van der Waals surface area contributed by atoms with Crippen LogP contribution in [0, 0.1) is 5.92 Å². The summed E-state index contributed by atoms with van der Waals surface area (Å²) in [6.07, 6.45) is -4.80. The maximum absolute atomic E-state index is 12.6. The summed E-state index contributed by atoms with van der Waals surface area (Å²) in [5.74, 6) is -1.39. The van der Waals surface area contributed by atoms with Crippen molar-refractivity contribution in [3.63, 3.8) is 0 Å². The summed E-state index contributed by atoms with van der Waals surface area (Å²) in [7, 11) is 0. The number of carboxylic acid groups (broad SMARTS) is 1. The van der Waals surface area contributed by atoms with Crippen LogP contribution in [-0.2, 0) is 4.79 Å². The summed E-state index contributed by atoms with van der Waals surface area (Å²) >= 11 is 0. The molecule has 2 unspecified atom stereocenters. The summed E-state index contributed by atoms with van der Waals surface area (Å²) in [5, 5.41) is 8.48. The molecular weight excluding hydrogens is 225 g/mol. The van der Waals surface area contributed by atoms with Crippen molar-refractivity contribution in [3.05, 3.63) is 0 Å². The van der Waals surface area contributed by atoms with Crippen molar-refractivity contribution in [1.29, 1.82) is 0 Å². The standard InChI is InChI=1S/C9H15F3N2O2/c10-9(11,12)7(3-8(15)16)14-2-1-6(4-13)5-14/h6-7H,1-5,13H2,(H,15,16). The monoisotopic (exact) mass is 240 g/mol. The molecule has 16 heavy (non-hydrogen) atoms. The predicted molar refractivity (Wildman–Crippen MR) is 50.8 cm³/mol.